The van der Waals surface area contributed by atoms with Crippen LogP contribution < -0.4 is 0 Å². The minimum absolute atomic E-state index is 0. The zero-order valence-electron chi connectivity index (χ0n) is 42.1. The number of hydrogen-bond acceptors (Lipinski definition) is 3. The van der Waals surface area contributed by atoms with Crippen LogP contribution in [-0.2, 0) is 31.9 Å². The van der Waals surface area contributed by atoms with Crippen molar-refractivity contribution in [3.63, 3.8) is 0 Å². The third-order valence-corrected chi connectivity index (χ3v) is 12.7. The van der Waals surface area contributed by atoms with Crippen molar-refractivity contribution in [2.75, 3.05) is 0 Å². The molecule has 1 N–H and O–H groups in total. The van der Waals surface area contributed by atoms with Crippen LogP contribution in [0.4, 0.5) is 0 Å². The summed E-state index contributed by atoms with van der Waals surface area (Å²) in [6.07, 6.45) is 1.85. The van der Waals surface area contributed by atoms with Crippen LogP contribution in [0.2, 0.25) is 0 Å². The second-order valence-electron chi connectivity index (χ2n) is 19.4. The molecule has 0 saturated heterocycles. The SMILES string of the molecule is [2H]C([2H])([2H])c1cc(-c2cc(C(C)(C)C)cc(C(C)(C)C)c2)ccc1-n1c(-c2ccccc2O)nc2c(-c3[c-]c(-c4cc(-c5ccc(-c6ccccc6)cc5)ccn4)cc(-c4ccccc4)c3)cccc21.[Pt]. The number of aromatic nitrogens is 3. The Morgan fingerprint density at radius 2 is 1.04 bits per heavy atom. The van der Waals surface area contributed by atoms with E-state index in [0.29, 0.717) is 28.1 Å². The van der Waals surface area contributed by atoms with Crippen LogP contribution in [0, 0.1) is 12.9 Å². The Labute approximate surface area is 419 Å². The molecule has 338 valence electrons. The Morgan fingerprint density at radius 1 is 0.500 bits per heavy atom. The largest absolute Gasteiger partial charge is 0.507 e. The van der Waals surface area contributed by atoms with Gasteiger partial charge in [0.1, 0.15) is 11.6 Å². The van der Waals surface area contributed by atoms with E-state index in [1.165, 1.54) is 16.7 Å². The Bertz CT molecular complexity index is 3520. The first-order valence-corrected chi connectivity index (χ1v) is 22.9. The molecule has 0 amide bonds. The third-order valence-electron chi connectivity index (χ3n) is 12.7. The molecular weight excluding hydrogens is 1010 g/mol. The molecule has 0 unspecified atom stereocenters. The van der Waals surface area contributed by atoms with Crippen molar-refractivity contribution in [1.29, 1.82) is 0 Å². The van der Waals surface area contributed by atoms with Crippen LogP contribution in [0.15, 0.2) is 194 Å². The van der Waals surface area contributed by atoms with E-state index in [1.807, 2.05) is 89.6 Å². The fraction of sp³-hybridized carbons (Fsp3) is 0.143. The second-order valence-corrected chi connectivity index (χ2v) is 19.4. The molecular formula is C63H54N3OPt-. The first kappa shape index (κ1) is 42.2. The predicted molar refractivity (Wildman–Crippen MR) is 280 cm³/mol. The van der Waals surface area contributed by atoms with E-state index in [4.69, 9.17) is 14.1 Å². The molecule has 2 heterocycles. The zero-order chi connectivity index (χ0) is 49.0. The summed E-state index contributed by atoms with van der Waals surface area (Å²) in [6.45, 7) is 10.7. The van der Waals surface area contributed by atoms with Gasteiger partial charge in [-0.05, 0) is 110 Å². The number of benzene rings is 8. The Morgan fingerprint density at radius 3 is 1.69 bits per heavy atom. The number of phenolic OH excluding ortho intramolecular Hbond substituents is 1. The van der Waals surface area contributed by atoms with Gasteiger partial charge in [0, 0.05) is 37.1 Å². The van der Waals surface area contributed by atoms with Crippen molar-refractivity contribution >= 4 is 11.0 Å². The van der Waals surface area contributed by atoms with Crippen LogP contribution >= 0.6 is 0 Å². The maximum atomic E-state index is 11.5. The minimum Gasteiger partial charge on any atom is -0.507 e. The van der Waals surface area contributed by atoms with Crippen molar-refractivity contribution < 1.29 is 30.3 Å². The predicted octanol–water partition coefficient (Wildman–Crippen LogP) is 16.5. The molecule has 0 aliphatic rings. The molecule has 2 aromatic heterocycles. The minimum atomic E-state index is -2.51. The normalized spacial score (nSPS) is 12.5. The summed E-state index contributed by atoms with van der Waals surface area (Å²) in [5, 5.41) is 11.5. The van der Waals surface area contributed by atoms with Gasteiger partial charge in [-0.3, -0.25) is 9.55 Å². The number of para-hydroxylation sites is 2. The monoisotopic (exact) mass is 1070 g/mol. The van der Waals surface area contributed by atoms with E-state index in [0.717, 1.165) is 61.3 Å². The van der Waals surface area contributed by atoms with Crippen molar-refractivity contribution in [2.24, 2.45) is 0 Å². The van der Waals surface area contributed by atoms with Gasteiger partial charge >= 0.3 is 0 Å². The molecule has 0 fully saturated rings. The number of imidazole rings is 1. The van der Waals surface area contributed by atoms with Gasteiger partial charge < -0.3 is 5.11 Å². The van der Waals surface area contributed by atoms with Gasteiger partial charge in [-0.25, -0.2) is 4.98 Å². The summed E-state index contributed by atoms with van der Waals surface area (Å²) < 4.78 is 29.0. The van der Waals surface area contributed by atoms with Gasteiger partial charge in [0.05, 0.1) is 22.3 Å². The fourth-order valence-corrected chi connectivity index (χ4v) is 8.87. The number of fused-ring (bicyclic) bond motifs is 1. The van der Waals surface area contributed by atoms with E-state index in [1.54, 1.807) is 12.1 Å². The first-order valence-electron chi connectivity index (χ1n) is 24.4. The average Bonchev–Trinajstić information content (AvgIpc) is 3.75. The quantitative estimate of drug-likeness (QED) is 0.154. The number of aryl methyl sites for hydroxylation is 1. The van der Waals surface area contributed by atoms with Crippen molar-refractivity contribution in [3.8, 4) is 89.7 Å². The maximum Gasteiger partial charge on any atom is 0.148 e. The van der Waals surface area contributed by atoms with Gasteiger partial charge in [0.25, 0.3) is 0 Å². The summed E-state index contributed by atoms with van der Waals surface area (Å²) in [6, 6.07) is 66.7. The van der Waals surface area contributed by atoms with E-state index < -0.39 is 6.85 Å². The average molecular weight is 1070 g/mol. The number of hydrogen-bond donors (Lipinski definition) is 1. The second kappa shape index (κ2) is 18.5. The molecule has 0 saturated carbocycles. The summed E-state index contributed by atoms with van der Waals surface area (Å²) in [7, 11) is 0. The van der Waals surface area contributed by atoms with Crippen LogP contribution in [0.5, 0.6) is 5.75 Å². The molecule has 10 aromatic rings. The van der Waals surface area contributed by atoms with Crippen LogP contribution in [0.1, 0.15) is 62.3 Å². The smallest absolute Gasteiger partial charge is 0.148 e. The van der Waals surface area contributed by atoms with Gasteiger partial charge in [0.2, 0.25) is 0 Å². The van der Waals surface area contributed by atoms with E-state index >= 15 is 0 Å². The summed E-state index contributed by atoms with van der Waals surface area (Å²) >= 11 is 0. The van der Waals surface area contributed by atoms with Gasteiger partial charge in [-0.1, -0.05) is 198 Å². The Balaban J connectivity index is 0.00000624. The molecule has 10 rings (SSSR count). The molecule has 0 aliphatic carbocycles. The van der Waals surface area contributed by atoms with Crippen molar-refractivity contribution in [1.82, 2.24) is 14.5 Å². The standard InChI is InChI=1S/C63H54N3O.Pt/c1-41-33-46(49-37-52(62(2,3)4)40-53(38-49)63(5,6)7)29-30-57(41)66-58-23-16-22-54(60(58)65-61(66)55-21-14-15-24-59(55)67)50-34-48(43-19-12-9-13-20-43)35-51(36-50)56-39-47(31-32-64-56)45-27-25-44(26-28-45)42-17-10-8-11-18-42;/h8-35,37-40,67H,1-7H3;/q-1;/i1D3;. The molecule has 0 atom stereocenters. The molecule has 4 nitrogen and oxygen atoms in total. The molecule has 68 heavy (non-hydrogen) atoms. The number of nitrogens with zero attached hydrogens (tertiary/aromatic N) is 3. The van der Waals surface area contributed by atoms with Crippen LogP contribution in [-0.4, -0.2) is 19.6 Å². The molecule has 0 spiro atoms. The summed E-state index contributed by atoms with van der Waals surface area (Å²) in [5.74, 6) is 0.442. The molecule has 5 heteroatoms. The molecule has 0 bridgehead atoms. The number of phenols is 1. The molecule has 0 radical (unpaired) electrons. The molecule has 8 aromatic carbocycles. The Hall–Kier alpha value is -7.13. The number of pyridine rings is 1. The summed E-state index contributed by atoms with van der Waals surface area (Å²) in [5.41, 5.74) is 15.9. The molecule has 0 aliphatic heterocycles. The van der Waals surface area contributed by atoms with E-state index in [-0.39, 0.29) is 43.2 Å². The topological polar surface area (TPSA) is 50.9 Å². The van der Waals surface area contributed by atoms with Crippen molar-refractivity contribution in [2.45, 2.75) is 59.2 Å². The third kappa shape index (κ3) is 9.14. The zero-order valence-corrected chi connectivity index (χ0v) is 41.4. The van der Waals surface area contributed by atoms with Crippen LogP contribution in [0.3, 0.4) is 0 Å². The van der Waals surface area contributed by atoms with Crippen molar-refractivity contribution in [3.05, 3.63) is 217 Å². The summed E-state index contributed by atoms with van der Waals surface area (Å²) in [4.78, 5) is 10.3. The van der Waals surface area contributed by atoms with Gasteiger partial charge in [-0.15, -0.1) is 23.8 Å². The Kier molecular flexibility index (Phi) is 11.5. The van der Waals surface area contributed by atoms with E-state index in [9.17, 15) is 5.11 Å². The maximum absolute atomic E-state index is 11.5. The first-order chi connectivity index (χ1) is 33.5. The number of aromatic hydroxyl groups is 1. The van der Waals surface area contributed by atoms with Crippen LogP contribution in [0.25, 0.3) is 95.0 Å². The number of rotatable bonds is 8. The fourth-order valence-electron chi connectivity index (χ4n) is 8.87. The van der Waals surface area contributed by atoms with E-state index in [2.05, 4.69) is 145 Å². The van der Waals surface area contributed by atoms with Gasteiger partial charge in [0.15, 0.2) is 0 Å². The van der Waals surface area contributed by atoms with Gasteiger partial charge in [-0.2, -0.15) is 0 Å².